The predicted molar refractivity (Wildman–Crippen MR) is 89.8 cm³/mol. The number of hydrogen-bond donors (Lipinski definition) is 1. The summed E-state index contributed by atoms with van der Waals surface area (Å²) in [6.45, 7) is 4.06. The second-order valence-electron chi connectivity index (χ2n) is 6.77. The summed E-state index contributed by atoms with van der Waals surface area (Å²) >= 11 is 0. The van der Waals surface area contributed by atoms with Gasteiger partial charge in [-0.15, -0.1) is 0 Å². The fourth-order valence-electron chi connectivity index (χ4n) is 3.68. The zero-order valence-electron chi connectivity index (χ0n) is 14.4. The van der Waals surface area contributed by atoms with Crippen LogP contribution in [0.2, 0.25) is 0 Å². The van der Waals surface area contributed by atoms with E-state index in [0.717, 1.165) is 18.5 Å². The lowest BCUT2D eigenvalue weighted by atomic mass is 9.97. The van der Waals surface area contributed by atoms with Gasteiger partial charge in [0.15, 0.2) is 0 Å². The second-order valence-corrected chi connectivity index (χ2v) is 6.77. The molecule has 1 amide bonds. The molecule has 0 spiro atoms. The highest BCUT2D eigenvalue weighted by atomic mass is 16.5. The van der Waals surface area contributed by atoms with E-state index in [2.05, 4.69) is 10.1 Å². The zero-order chi connectivity index (χ0) is 17.6. The Morgan fingerprint density at radius 3 is 2.88 bits per heavy atom. The number of nitrogens with zero attached hydrogens (tertiary/aromatic N) is 3. The molecule has 0 radical (unpaired) electrons. The van der Waals surface area contributed by atoms with Gasteiger partial charge < -0.3 is 19.4 Å². The lowest BCUT2D eigenvalue weighted by Crippen LogP contribution is -2.36. The number of aromatic nitrogens is 3. The molecule has 134 valence electrons. The number of rotatable bonds is 4. The number of ether oxygens (including phenoxy) is 2. The standard InChI is InChI=1S/C17H22N4O4/c1-10(9-24-2)20-8-12-15(17(20)23)18-14-7-13(19-21(14)16(12)22)11-3-5-25-6-4-11/h7,10-11,18H,3-6,8-9H2,1-2H3/t10-/m0/s1. The van der Waals surface area contributed by atoms with Crippen molar-refractivity contribution in [1.29, 1.82) is 0 Å². The van der Waals surface area contributed by atoms with Gasteiger partial charge in [0, 0.05) is 32.3 Å². The molecule has 4 rings (SSSR count). The maximum Gasteiger partial charge on any atom is 0.280 e. The highest BCUT2D eigenvalue weighted by molar-refractivity contribution is 5.97. The summed E-state index contributed by atoms with van der Waals surface area (Å²) in [5, 5.41) is 4.51. The van der Waals surface area contributed by atoms with Crippen molar-refractivity contribution in [2.45, 2.75) is 38.3 Å². The molecule has 2 aromatic rings. The van der Waals surface area contributed by atoms with Gasteiger partial charge in [-0.1, -0.05) is 0 Å². The van der Waals surface area contributed by atoms with Crippen LogP contribution in [0, 0.1) is 0 Å². The summed E-state index contributed by atoms with van der Waals surface area (Å²) in [6, 6.07) is 1.79. The molecule has 1 fully saturated rings. The van der Waals surface area contributed by atoms with E-state index in [1.165, 1.54) is 4.52 Å². The van der Waals surface area contributed by atoms with Crippen molar-refractivity contribution >= 4 is 11.6 Å². The van der Waals surface area contributed by atoms with Crippen molar-refractivity contribution in [3.63, 3.8) is 0 Å². The Kier molecular flexibility index (Phi) is 4.09. The van der Waals surface area contributed by atoms with Gasteiger partial charge in [0.1, 0.15) is 11.3 Å². The van der Waals surface area contributed by atoms with Crippen molar-refractivity contribution in [1.82, 2.24) is 19.5 Å². The quantitative estimate of drug-likeness (QED) is 0.889. The van der Waals surface area contributed by atoms with Crippen LogP contribution < -0.4 is 5.56 Å². The SMILES string of the molecule is COC[C@H](C)N1Cc2c([nH]c3cc(C4CCOCC4)nn3c2=O)C1=O. The highest BCUT2D eigenvalue weighted by Crippen LogP contribution is 2.27. The molecule has 0 saturated carbocycles. The molecule has 0 bridgehead atoms. The first-order valence-electron chi connectivity index (χ1n) is 8.62. The van der Waals surface area contributed by atoms with Crippen LogP contribution in [-0.4, -0.2) is 58.4 Å². The molecule has 25 heavy (non-hydrogen) atoms. The maximum absolute atomic E-state index is 12.8. The van der Waals surface area contributed by atoms with Crippen LogP contribution in [-0.2, 0) is 16.0 Å². The van der Waals surface area contributed by atoms with Gasteiger partial charge in [0.05, 0.1) is 30.5 Å². The topological polar surface area (TPSA) is 88.9 Å². The Balaban J connectivity index is 1.71. The van der Waals surface area contributed by atoms with E-state index in [-0.39, 0.29) is 24.1 Å². The first-order valence-corrected chi connectivity index (χ1v) is 8.62. The van der Waals surface area contributed by atoms with Crippen molar-refractivity contribution in [3.8, 4) is 0 Å². The fourth-order valence-corrected chi connectivity index (χ4v) is 3.68. The number of carbonyl (C=O) groups is 1. The average Bonchev–Trinajstić information content (AvgIpc) is 3.19. The van der Waals surface area contributed by atoms with Gasteiger partial charge >= 0.3 is 0 Å². The number of hydrogen-bond acceptors (Lipinski definition) is 5. The van der Waals surface area contributed by atoms with Crippen molar-refractivity contribution in [2.75, 3.05) is 26.9 Å². The van der Waals surface area contributed by atoms with Crippen molar-refractivity contribution in [2.24, 2.45) is 0 Å². The van der Waals surface area contributed by atoms with E-state index >= 15 is 0 Å². The van der Waals surface area contributed by atoms with Crippen LogP contribution >= 0.6 is 0 Å². The highest BCUT2D eigenvalue weighted by Gasteiger charge is 2.35. The van der Waals surface area contributed by atoms with E-state index in [9.17, 15) is 9.59 Å². The molecule has 1 saturated heterocycles. The lowest BCUT2D eigenvalue weighted by Gasteiger charge is -2.22. The monoisotopic (exact) mass is 346 g/mol. The third-order valence-electron chi connectivity index (χ3n) is 5.12. The maximum atomic E-state index is 12.8. The molecule has 8 nitrogen and oxygen atoms in total. The summed E-state index contributed by atoms with van der Waals surface area (Å²) in [5.41, 5.74) is 2.08. The van der Waals surface area contributed by atoms with Gasteiger partial charge in [-0.05, 0) is 19.8 Å². The van der Waals surface area contributed by atoms with Gasteiger partial charge in [-0.3, -0.25) is 9.59 Å². The third kappa shape index (κ3) is 2.65. The molecular formula is C17H22N4O4. The molecule has 8 heteroatoms. The van der Waals surface area contributed by atoms with Crippen LogP contribution in [0.15, 0.2) is 10.9 Å². The normalized spacial score (nSPS) is 19.6. The Morgan fingerprint density at radius 1 is 1.40 bits per heavy atom. The Labute approximate surface area is 144 Å². The lowest BCUT2D eigenvalue weighted by molar-refractivity contribution is 0.0584. The molecule has 0 aromatic carbocycles. The Morgan fingerprint density at radius 2 is 2.16 bits per heavy atom. The van der Waals surface area contributed by atoms with Gasteiger partial charge in [0.2, 0.25) is 0 Å². The van der Waals surface area contributed by atoms with Crippen molar-refractivity contribution < 1.29 is 14.3 Å². The van der Waals surface area contributed by atoms with E-state index in [1.54, 1.807) is 12.0 Å². The number of nitrogens with one attached hydrogen (secondary N) is 1. The summed E-state index contributed by atoms with van der Waals surface area (Å²) < 4.78 is 11.9. The minimum Gasteiger partial charge on any atom is -0.383 e. The van der Waals surface area contributed by atoms with Gasteiger partial charge in [-0.25, -0.2) is 0 Å². The van der Waals surface area contributed by atoms with Gasteiger partial charge in [0.25, 0.3) is 11.5 Å². The second kappa shape index (κ2) is 6.27. The van der Waals surface area contributed by atoms with E-state index in [0.29, 0.717) is 42.6 Å². The summed E-state index contributed by atoms with van der Waals surface area (Å²) in [5.74, 6) is 0.137. The van der Waals surface area contributed by atoms with Crippen LogP contribution in [0.3, 0.4) is 0 Å². The molecule has 2 aliphatic rings. The van der Waals surface area contributed by atoms with E-state index < -0.39 is 0 Å². The first kappa shape index (κ1) is 16.3. The minimum absolute atomic E-state index is 0.0946. The fraction of sp³-hybridized carbons (Fsp3) is 0.588. The number of fused-ring (bicyclic) bond motifs is 2. The van der Waals surface area contributed by atoms with E-state index in [1.807, 2.05) is 13.0 Å². The number of methoxy groups -OCH3 is 1. The Bertz CT molecular complexity index is 865. The molecule has 1 N–H and O–H groups in total. The summed E-state index contributed by atoms with van der Waals surface area (Å²) in [6.07, 6.45) is 1.80. The number of carbonyl (C=O) groups excluding carboxylic acids is 1. The Hall–Kier alpha value is -2.19. The summed E-state index contributed by atoms with van der Waals surface area (Å²) in [7, 11) is 1.60. The zero-order valence-corrected chi connectivity index (χ0v) is 14.4. The number of H-pyrrole nitrogens is 1. The average molecular weight is 346 g/mol. The molecular weight excluding hydrogens is 324 g/mol. The van der Waals surface area contributed by atoms with Crippen LogP contribution in [0.5, 0.6) is 0 Å². The molecule has 0 aliphatic carbocycles. The third-order valence-corrected chi connectivity index (χ3v) is 5.12. The molecule has 2 aliphatic heterocycles. The molecule has 2 aromatic heterocycles. The van der Waals surface area contributed by atoms with Crippen LogP contribution in [0.1, 0.15) is 47.4 Å². The van der Waals surface area contributed by atoms with Crippen LogP contribution in [0.25, 0.3) is 5.65 Å². The van der Waals surface area contributed by atoms with Gasteiger partial charge in [-0.2, -0.15) is 9.61 Å². The largest absolute Gasteiger partial charge is 0.383 e. The van der Waals surface area contributed by atoms with Crippen molar-refractivity contribution in [3.05, 3.63) is 33.4 Å². The molecule has 4 heterocycles. The predicted octanol–water partition coefficient (Wildman–Crippen LogP) is 0.907. The minimum atomic E-state index is -0.220. The number of amides is 1. The summed E-state index contributed by atoms with van der Waals surface area (Å²) in [4.78, 5) is 30.3. The smallest absolute Gasteiger partial charge is 0.280 e. The van der Waals surface area contributed by atoms with Crippen LogP contribution in [0.4, 0.5) is 0 Å². The molecule has 1 atom stereocenters. The molecule has 0 unspecified atom stereocenters. The first-order chi connectivity index (χ1) is 12.1. The van der Waals surface area contributed by atoms with E-state index in [4.69, 9.17) is 9.47 Å². The number of aromatic amines is 1.